The topological polar surface area (TPSA) is 67.4 Å². The Bertz CT molecular complexity index is 346. The van der Waals surface area contributed by atoms with Gasteiger partial charge in [-0.25, -0.2) is 4.79 Å². The summed E-state index contributed by atoms with van der Waals surface area (Å²) >= 11 is 1.17. The van der Waals surface area contributed by atoms with E-state index in [0.29, 0.717) is 18.1 Å². The molecule has 1 aromatic heterocycles. The van der Waals surface area contributed by atoms with E-state index >= 15 is 0 Å². The van der Waals surface area contributed by atoms with Gasteiger partial charge in [-0.3, -0.25) is 5.32 Å². The summed E-state index contributed by atoms with van der Waals surface area (Å²) in [4.78, 5) is 13.6. The van der Waals surface area contributed by atoms with Gasteiger partial charge in [0.15, 0.2) is 0 Å². The fourth-order valence-corrected chi connectivity index (χ4v) is 2.16. The van der Waals surface area contributed by atoms with Crippen LogP contribution in [0.3, 0.4) is 0 Å². The highest BCUT2D eigenvalue weighted by molar-refractivity contribution is 7.10. The van der Waals surface area contributed by atoms with Gasteiger partial charge in [0.1, 0.15) is 5.00 Å². The van der Waals surface area contributed by atoms with E-state index in [2.05, 4.69) is 14.9 Å². The summed E-state index contributed by atoms with van der Waals surface area (Å²) in [5, 5.41) is 7.08. The highest BCUT2D eigenvalue weighted by Gasteiger charge is 2.25. The zero-order valence-corrected chi connectivity index (χ0v) is 10.0. The summed E-state index contributed by atoms with van der Waals surface area (Å²) in [6.45, 7) is 5.15. The number of aromatic nitrogens is 2. The van der Waals surface area contributed by atoms with Gasteiger partial charge in [-0.1, -0.05) is 4.49 Å². The van der Waals surface area contributed by atoms with Gasteiger partial charge in [0.25, 0.3) is 0 Å². The lowest BCUT2D eigenvalue weighted by Gasteiger charge is -2.35. The van der Waals surface area contributed by atoms with Crippen LogP contribution in [0.2, 0.25) is 0 Å². The van der Waals surface area contributed by atoms with Gasteiger partial charge in [0, 0.05) is 24.6 Å². The van der Waals surface area contributed by atoms with Crippen molar-refractivity contribution in [2.75, 3.05) is 18.4 Å². The first kappa shape index (κ1) is 11.3. The summed E-state index contributed by atoms with van der Waals surface area (Å²) in [6.07, 6.45) is 1.69. The average Bonchev–Trinajstić information content (AvgIpc) is 2.68. The molecule has 0 aromatic carbocycles. The Kier molecular flexibility index (Phi) is 3.35. The highest BCUT2D eigenvalue weighted by atomic mass is 32.1. The van der Waals surface area contributed by atoms with Crippen LogP contribution < -0.4 is 5.32 Å². The summed E-state index contributed by atoms with van der Waals surface area (Å²) in [6, 6.07) is -0.118. The largest absolute Gasteiger partial charge is 0.372 e. The first-order chi connectivity index (χ1) is 7.65. The zero-order valence-electron chi connectivity index (χ0n) is 9.21. The second-order valence-corrected chi connectivity index (χ2v) is 4.66. The van der Waals surface area contributed by atoms with E-state index in [1.807, 2.05) is 13.8 Å². The van der Waals surface area contributed by atoms with Crippen molar-refractivity contribution in [2.24, 2.45) is 0 Å². The zero-order chi connectivity index (χ0) is 11.5. The van der Waals surface area contributed by atoms with Crippen molar-refractivity contribution in [1.29, 1.82) is 0 Å². The molecule has 0 bridgehead atoms. The molecule has 1 fully saturated rings. The molecule has 0 spiro atoms. The summed E-state index contributed by atoms with van der Waals surface area (Å²) in [7, 11) is 0. The molecule has 1 N–H and O–H groups in total. The maximum atomic E-state index is 11.9. The molecule has 2 atom stereocenters. The van der Waals surface area contributed by atoms with Crippen LogP contribution in [-0.4, -0.2) is 45.8 Å². The van der Waals surface area contributed by atoms with Gasteiger partial charge in [0.2, 0.25) is 0 Å². The number of anilines is 1. The maximum Gasteiger partial charge on any atom is 0.322 e. The fourth-order valence-electron chi connectivity index (χ4n) is 1.75. The van der Waals surface area contributed by atoms with Crippen molar-refractivity contribution >= 4 is 22.6 Å². The molecule has 88 valence electrons. The monoisotopic (exact) mass is 242 g/mol. The summed E-state index contributed by atoms with van der Waals surface area (Å²) in [5.74, 6) is 0. The molecule has 0 radical (unpaired) electrons. The van der Waals surface area contributed by atoms with E-state index in [9.17, 15) is 4.79 Å². The number of nitrogens with one attached hydrogen (secondary N) is 1. The quantitative estimate of drug-likeness (QED) is 0.803. The minimum atomic E-state index is -0.118. The van der Waals surface area contributed by atoms with Crippen LogP contribution in [0.25, 0.3) is 0 Å². The lowest BCUT2D eigenvalue weighted by Crippen LogP contribution is -2.49. The second-order valence-electron chi connectivity index (χ2n) is 3.87. The third-order valence-electron chi connectivity index (χ3n) is 2.30. The van der Waals surface area contributed by atoms with E-state index in [1.165, 1.54) is 17.7 Å². The summed E-state index contributed by atoms with van der Waals surface area (Å²) < 4.78 is 9.24. The molecule has 16 heavy (non-hydrogen) atoms. The van der Waals surface area contributed by atoms with E-state index in [0.717, 1.165) is 0 Å². The van der Waals surface area contributed by atoms with Gasteiger partial charge in [0.05, 0.1) is 18.4 Å². The normalized spacial score (nSPS) is 25.5. The lowest BCUT2D eigenvalue weighted by atomic mass is 10.2. The number of hydrogen-bond acceptors (Lipinski definition) is 5. The third kappa shape index (κ3) is 2.67. The molecule has 2 heterocycles. The number of carbonyl (C=O) groups excluding carboxylic acids is 1. The standard InChI is InChI=1S/C9H14N4O2S/c1-6-4-13(5-7(2)15-6)9(14)11-8-3-10-12-16-8/h3,6-7H,4-5H2,1-2H3,(H,11,14)/t6-,7+. The van der Waals surface area contributed by atoms with E-state index in [-0.39, 0.29) is 18.2 Å². The Hall–Kier alpha value is -1.21. The third-order valence-corrected chi connectivity index (χ3v) is 2.88. The molecule has 0 saturated carbocycles. The van der Waals surface area contributed by atoms with E-state index in [4.69, 9.17) is 4.74 Å². The van der Waals surface area contributed by atoms with Gasteiger partial charge in [-0.2, -0.15) is 0 Å². The molecule has 6 nitrogen and oxygen atoms in total. The van der Waals surface area contributed by atoms with Crippen LogP contribution in [0, 0.1) is 0 Å². The fraction of sp³-hybridized carbons (Fsp3) is 0.667. The molecule has 1 saturated heterocycles. The van der Waals surface area contributed by atoms with Gasteiger partial charge >= 0.3 is 6.03 Å². The number of hydrogen-bond donors (Lipinski definition) is 1. The predicted molar refractivity (Wildman–Crippen MR) is 60.5 cm³/mol. The molecule has 1 aliphatic heterocycles. The summed E-state index contributed by atoms with van der Waals surface area (Å²) in [5.41, 5.74) is 0. The van der Waals surface area contributed by atoms with Crippen molar-refractivity contribution < 1.29 is 9.53 Å². The van der Waals surface area contributed by atoms with Crippen LogP contribution in [0.5, 0.6) is 0 Å². The molecule has 7 heteroatoms. The van der Waals surface area contributed by atoms with Gasteiger partial charge < -0.3 is 9.64 Å². The predicted octanol–water partition coefficient (Wildman–Crippen LogP) is 1.18. The molecule has 2 rings (SSSR count). The van der Waals surface area contributed by atoms with Crippen molar-refractivity contribution in [3.63, 3.8) is 0 Å². The molecule has 0 aliphatic carbocycles. The Morgan fingerprint density at radius 1 is 1.56 bits per heavy atom. The molecular formula is C9H14N4O2S. The first-order valence-corrected chi connectivity index (χ1v) is 5.91. The number of morpholine rings is 1. The van der Waals surface area contributed by atoms with Crippen LogP contribution in [-0.2, 0) is 4.74 Å². The van der Waals surface area contributed by atoms with Gasteiger partial charge in [-0.05, 0) is 13.8 Å². The molecule has 2 amide bonds. The number of carbonyl (C=O) groups is 1. The lowest BCUT2D eigenvalue weighted by molar-refractivity contribution is -0.0530. The molecule has 1 aromatic rings. The number of urea groups is 1. The Labute approximate surface area is 97.8 Å². The molecule has 0 unspecified atom stereocenters. The molecular weight excluding hydrogens is 228 g/mol. The average molecular weight is 242 g/mol. The SMILES string of the molecule is C[C@@H]1CN(C(=O)Nc2cnns2)C[C@H](C)O1. The number of nitrogens with zero attached hydrogens (tertiary/aromatic N) is 3. The van der Waals surface area contributed by atoms with Crippen molar-refractivity contribution in [3.05, 3.63) is 6.20 Å². The Balaban J connectivity index is 1.94. The van der Waals surface area contributed by atoms with Crippen LogP contribution in [0.1, 0.15) is 13.8 Å². The van der Waals surface area contributed by atoms with Crippen LogP contribution >= 0.6 is 11.5 Å². The number of amides is 2. The van der Waals surface area contributed by atoms with Crippen molar-refractivity contribution in [3.8, 4) is 0 Å². The Morgan fingerprint density at radius 3 is 2.81 bits per heavy atom. The van der Waals surface area contributed by atoms with Crippen molar-refractivity contribution in [1.82, 2.24) is 14.5 Å². The maximum absolute atomic E-state index is 11.9. The van der Waals surface area contributed by atoms with Crippen molar-refractivity contribution in [2.45, 2.75) is 26.1 Å². The second kappa shape index (κ2) is 4.75. The minimum absolute atomic E-state index is 0.0779. The minimum Gasteiger partial charge on any atom is -0.372 e. The Morgan fingerprint density at radius 2 is 2.25 bits per heavy atom. The van der Waals surface area contributed by atoms with E-state index in [1.54, 1.807) is 4.90 Å². The smallest absolute Gasteiger partial charge is 0.322 e. The van der Waals surface area contributed by atoms with Gasteiger partial charge in [-0.15, -0.1) is 5.10 Å². The van der Waals surface area contributed by atoms with E-state index < -0.39 is 0 Å². The number of rotatable bonds is 1. The number of ether oxygens (including phenoxy) is 1. The van der Waals surface area contributed by atoms with Crippen LogP contribution in [0.4, 0.5) is 9.80 Å². The highest BCUT2D eigenvalue weighted by Crippen LogP contribution is 2.14. The molecule has 1 aliphatic rings. The van der Waals surface area contributed by atoms with Crippen LogP contribution in [0.15, 0.2) is 6.20 Å². The first-order valence-electron chi connectivity index (χ1n) is 5.14.